The summed E-state index contributed by atoms with van der Waals surface area (Å²) in [6, 6.07) is 6.47. The summed E-state index contributed by atoms with van der Waals surface area (Å²) >= 11 is 1.12. The van der Waals surface area contributed by atoms with Crippen LogP contribution < -0.4 is 20.1 Å². The predicted molar refractivity (Wildman–Crippen MR) is 108 cm³/mol. The van der Waals surface area contributed by atoms with Crippen molar-refractivity contribution >= 4 is 29.4 Å². The van der Waals surface area contributed by atoms with Crippen LogP contribution in [0, 0.1) is 32.1 Å². The number of carbonyl (C=O) groups is 2. The Morgan fingerprint density at radius 2 is 1.90 bits per heavy atom. The van der Waals surface area contributed by atoms with E-state index < -0.39 is 11.9 Å². The third-order valence-corrected chi connectivity index (χ3v) is 5.44. The molecule has 1 aliphatic rings. The SMILES string of the molecule is Cc1nc(SCC(=O)NC(=O)Nc2ccc3c(c2)OCCO3)c(C#N)c(C)c1C. The van der Waals surface area contributed by atoms with Crippen LogP contribution in [0.5, 0.6) is 11.5 Å². The highest BCUT2D eigenvalue weighted by molar-refractivity contribution is 8.00. The van der Waals surface area contributed by atoms with Crippen molar-refractivity contribution in [3.05, 3.63) is 40.6 Å². The Labute approximate surface area is 172 Å². The second-order valence-electron chi connectivity index (χ2n) is 6.39. The minimum absolute atomic E-state index is 0.0435. The highest BCUT2D eigenvalue weighted by Gasteiger charge is 2.16. The first-order valence-electron chi connectivity index (χ1n) is 8.90. The lowest BCUT2D eigenvalue weighted by Crippen LogP contribution is -2.35. The third kappa shape index (κ3) is 4.78. The van der Waals surface area contributed by atoms with Gasteiger partial charge in [-0.05, 0) is 44.0 Å². The van der Waals surface area contributed by atoms with Gasteiger partial charge in [0.2, 0.25) is 5.91 Å². The minimum Gasteiger partial charge on any atom is -0.486 e. The second-order valence-corrected chi connectivity index (χ2v) is 7.35. The van der Waals surface area contributed by atoms with Crippen LogP contribution in [0.15, 0.2) is 23.2 Å². The molecule has 1 aromatic heterocycles. The van der Waals surface area contributed by atoms with E-state index in [0.29, 0.717) is 41.0 Å². The van der Waals surface area contributed by atoms with Gasteiger partial charge in [-0.2, -0.15) is 5.26 Å². The molecule has 2 heterocycles. The molecule has 0 bridgehead atoms. The molecule has 1 aliphatic heterocycles. The number of hydrogen-bond donors (Lipinski definition) is 2. The van der Waals surface area contributed by atoms with Crippen LogP contribution in [0.1, 0.15) is 22.4 Å². The topological polar surface area (TPSA) is 113 Å². The van der Waals surface area contributed by atoms with Crippen molar-refractivity contribution in [2.45, 2.75) is 25.8 Å². The molecule has 0 unspecified atom stereocenters. The van der Waals surface area contributed by atoms with Gasteiger partial charge < -0.3 is 14.8 Å². The molecule has 150 valence electrons. The number of aromatic nitrogens is 1. The van der Waals surface area contributed by atoms with Gasteiger partial charge in [0.1, 0.15) is 24.3 Å². The van der Waals surface area contributed by atoms with Crippen LogP contribution >= 0.6 is 11.8 Å². The van der Waals surface area contributed by atoms with Gasteiger partial charge in [0.25, 0.3) is 0 Å². The number of fused-ring (bicyclic) bond motifs is 1. The number of aryl methyl sites for hydroxylation is 1. The third-order valence-electron chi connectivity index (χ3n) is 4.47. The Kier molecular flexibility index (Phi) is 6.24. The van der Waals surface area contributed by atoms with Crippen molar-refractivity contribution in [1.29, 1.82) is 5.26 Å². The lowest BCUT2D eigenvalue weighted by molar-refractivity contribution is -0.117. The number of thioether (sulfide) groups is 1. The van der Waals surface area contributed by atoms with Crippen LogP contribution in [-0.4, -0.2) is 35.9 Å². The van der Waals surface area contributed by atoms with Crippen LogP contribution in [0.2, 0.25) is 0 Å². The van der Waals surface area contributed by atoms with Crippen molar-refractivity contribution in [1.82, 2.24) is 10.3 Å². The summed E-state index contributed by atoms with van der Waals surface area (Å²) in [4.78, 5) is 28.6. The number of hydrogen-bond acceptors (Lipinski definition) is 7. The van der Waals surface area contributed by atoms with E-state index >= 15 is 0 Å². The quantitative estimate of drug-likeness (QED) is 0.742. The molecule has 2 aromatic rings. The number of benzene rings is 1. The number of nitriles is 1. The molecule has 0 aliphatic carbocycles. The number of imide groups is 1. The molecule has 0 radical (unpaired) electrons. The summed E-state index contributed by atoms with van der Waals surface area (Å²) in [6.45, 7) is 6.54. The average molecular weight is 412 g/mol. The zero-order valence-corrected chi connectivity index (χ0v) is 17.1. The number of pyridine rings is 1. The highest BCUT2D eigenvalue weighted by atomic mass is 32.2. The summed E-state index contributed by atoms with van der Waals surface area (Å²) in [5.74, 6) is 0.611. The van der Waals surface area contributed by atoms with Gasteiger partial charge in [0.15, 0.2) is 11.5 Å². The summed E-state index contributed by atoms with van der Waals surface area (Å²) in [7, 11) is 0. The fraction of sp³-hybridized carbons (Fsp3) is 0.300. The Hall–Kier alpha value is -3.25. The second kappa shape index (κ2) is 8.84. The number of carbonyl (C=O) groups excluding carboxylic acids is 2. The van der Waals surface area contributed by atoms with Gasteiger partial charge >= 0.3 is 6.03 Å². The molecule has 0 spiro atoms. The molecule has 3 amide bonds. The maximum absolute atomic E-state index is 12.1. The van der Waals surface area contributed by atoms with E-state index in [1.54, 1.807) is 18.2 Å². The Morgan fingerprint density at radius 3 is 2.62 bits per heavy atom. The fourth-order valence-electron chi connectivity index (χ4n) is 2.73. The molecular weight excluding hydrogens is 392 g/mol. The van der Waals surface area contributed by atoms with E-state index in [9.17, 15) is 14.9 Å². The fourth-order valence-corrected chi connectivity index (χ4v) is 3.61. The van der Waals surface area contributed by atoms with E-state index in [0.717, 1.165) is 28.6 Å². The zero-order valence-electron chi connectivity index (χ0n) is 16.3. The Balaban J connectivity index is 1.57. The monoisotopic (exact) mass is 412 g/mol. The van der Waals surface area contributed by atoms with Crippen molar-refractivity contribution in [3.8, 4) is 17.6 Å². The van der Waals surface area contributed by atoms with Gasteiger partial charge in [0, 0.05) is 17.4 Å². The van der Waals surface area contributed by atoms with Crippen molar-refractivity contribution in [2.75, 3.05) is 24.3 Å². The maximum Gasteiger partial charge on any atom is 0.325 e. The van der Waals surface area contributed by atoms with Crippen molar-refractivity contribution < 1.29 is 19.1 Å². The van der Waals surface area contributed by atoms with Crippen LogP contribution in [0.25, 0.3) is 0 Å². The van der Waals surface area contributed by atoms with Gasteiger partial charge in [-0.15, -0.1) is 0 Å². The summed E-state index contributed by atoms with van der Waals surface area (Å²) in [5.41, 5.74) is 3.53. The van der Waals surface area contributed by atoms with Crippen molar-refractivity contribution in [3.63, 3.8) is 0 Å². The maximum atomic E-state index is 12.1. The summed E-state index contributed by atoms with van der Waals surface area (Å²) in [5, 5.41) is 14.7. The zero-order chi connectivity index (χ0) is 21.0. The van der Waals surface area contributed by atoms with Gasteiger partial charge in [0.05, 0.1) is 11.3 Å². The van der Waals surface area contributed by atoms with Gasteiger partial charge in [-0.1, -0.05) is 11.8 Å². The molecule has 29 heavy (non-hydrogen) atoms. The van der Waals surface area contributed by atoms with Crippen LogP contribution in [-0.2, 0) is 4.79 Å². The molecule has 0 saturated heterocycles. The van der Waals surface area contributed by atoms with Crippen LogP contribution in [0.3, 0.4) is 0 Å². The van der Waals surface area contributed by atoms with Crippen LogP contribution in [0.4, 0.5) is 10.5 Å². The average Bonchev–Trinajstić information content (AvgIpc) is 2.70. The van der Waals surface area contributed by atoms with Crippen molar-refractivity contribution in [2.24, 2.45) is 0 Å². The molecular formula is C20H20N4O4S. The summed E-state index contributed by atoms with van der Waals surface area (Å²) in [6.07, 6.45) is 0. The lowest BCUT2D eigenvalue weighted by Gasteiger charge is -2.19. The highest BCUT2D eigenvalue weighted by Crippen LogP contribution is 2.32. The molecule has 3 rings (SSSR count). The minimum atomic E-state index is -0.656. The number of nitrogens with zero attached hydrogens (tertiary/aromatic N) is 2. The number of ether oxygens (including phenoxy) is 2. The van der Waals surface area contributed by atoms with Gasteiger partial charge in [-0.25, -0.2) is 9.78 Å². The largest absolute Gasteiger partial charge is 0.486 e. The van der Waals surface area contributed by atoms with E-state index in [1.807, 2.05) is 20.8 Å². The van der Waals surface area contributed by atoms with Gasteiger partial charge in [-0.3, -0.25) is 10.1 Å². The van der Waals surface area contributed by atoms with E-state index in [1.165, 1.54) is 0 Å². The number of urea groups is 1. The van der Waals surface area contributed by atoms with E-state index in [2.05, 4.69) is 21.7 Å². The molecule has 1 aromatic carbocycles. The Bertz CT molecular complexity index is 1020. The first-order valence-corrected chi connectivity index (χ1v) is 9.88. The lowest BCUT2D eigenvalue weighted by atomic mass is 10.1. The molecule has 8 nitrogen and oxygen atoms in total. The predicted octanol–water partition coefficient (Wildman–Crippen LogP) is 3.09. The number of amides is 3. The number of nitrogens with one attached hydrogen (secondary N) is 2. The molecule has 2 N–H and O–H groups in total. The smallest absolute Gasteiger partial charge is 0.325 e. The normalized spacial score (nSPS) is 12.1. The molecule has 9 heteroatoms. The van der Waals surface area contributed by atoms with E-state index in [-0.39, 0.29) is 5.75 Å². The number of anilines is 1. The Morgan fingerprint density at radius 1 is 1.17 bits per heavy atom. The standard InChI is InChI=1S/C20H20N4O4S/c1-11-12(2)15(9-21)19(22-13(11)3)29-10-18(25)24-20(26)23-14-4-5-16-17(8-14)28-7-6-27-16/h4-5,8H,6-7,10H2,1-3H3,(H2,23,24,25,26). The number of rotatable bonds is 4. The summed E-state index contributed by atoms with van der Waals surface area (Å²) < 4.78 is 10.9. The first-order chi connectivity index (χ1) is 13.9. The first kappa shape index (κ1) is 20.5. The molecule has 0 fully saturated rings. The van der Waals surface area contributed by atoms with E-state index in [4.69, 9.17) is 9.47 Å². The molecule has 0 atom stereocenters. The molecule has 0 saturated carbocycles.